The molecule has 0 saturated heterocycles. The zero-order valence-electron chi connectivity index (χ0n) is 21.8. The van der Waals surface area contributed by atoms with Gasteiger partial charge in [-0.05, 0) is 47.5 Å². The zero-order valence-corrected chi connectivity index (χ0v) is 22.7. The number of nitrogens with one attached hydrogen (secondary N) is 1. The Morgan fingerprint density at radius 1 is 0.900 bits per heavy atom. The number of rotatable bonds is 8. The van der Waals surface area contributed by atoms with Crippen LogP contribution in [0.15, 0.2) is 108 Å². The number of nitrogens with zero attached hydrogens (tertiary/aromatic N) is 2. The minimum Gasteiger partial charge on any atom is -0.494 e. The van der Waals surface area contributed by atoms with E-state index in [1.807, 2.05) is 48.5 Å². The Hall–Kier alpha value is -4.76. The fraction of sp³-hybridized carbons (Fsp3) is 0.0968. The molecule has 202 valence electrons. The van der Waals surface area contributed by atoms with Crippen molar-refractivity contribution >= 4 is 21.4 Å². The molecule has 1 heterocycles. The molecular weight excluding hydrogens is 529 g/mol. The van der Waals surface area contributed by atoms with Gasteiger partial charge in [-0.3, -0.25) is 9.48 Å². The normalized spacial score (nSPS) is 11.3. The van der Waals surface area contributed by atoms with E-state index in [9.17, 15) is 17.6 Å². The maximum absolute atomic E-state index is 15.0. The summed E-state index contributed by atoms with van der Waals surface area (Å²) in [4.78, 5) is 14.0. The van der Waals surface area contributed by atoms with Crippen molar-refractivity contribution in [2.45, 2.75) is 11.4 Å². The maximum Gasteiger partial charge on any atom is 0.274 e. The van der Waals surface area contributed by atoms with Gasteiger partial charge in [0.2, 0.25) is 0 Å². The summed E-state index contributed by atoms with van der Waals surface area (Å²) >= 11 is 0. The van der Waals surface area contributed by atoms with Crippen LogP contribution in [0, 0.1) is 5.82 Å². The third kappa shape index (κ3) is 5.64. The van der Waals surface area contributed by atoms with Crippen molar-refractivity contribution in [2.24, 2.45) is 0 Å². The number of halogens is 1. The molecule has 0 unspecified atom stereocenters. The van der Waals surface area contributed by atoms with Crippen molar-refractivity contribution in [3.05, 3.63) is 120 Å². The van der Waals surface area contributed by atoms with E-state index in [1.165, 1.54) is 31.4 Å². The second-order valence-electron chi connectivity index (χ2n) is 9.18. The summed E-state index contributed by atoms with van der Waals surface area (Å²) in [7, 11) is -2.04. The summed E-state index contributed by atoms with van der Waals surface area (Å²) in [6, 6.07) is 29.3. The Bertz CT molecular complexity index is 1770. The second-order valence-corrected chi connectivity index (χ2v) is 11.2. The molecule has 7 nitrogen and oxygen atoms in total. The molecule has 1 aromatic heterocycles. The fourth-order valence-electron chi connectivity index (χ4n) is 4.43. The van der Waals surface area contributed by atoms with Gasteiger partial charge in [0.05, 0.1) is 18.6 Å². The first-order valence-corrected chi connectivity index (χ1v) is 14.3. The number of hydrogen-bond donors (Lipinski definition) is 1. The van der Waals surface area contributed by atoms with Crippen LogP contribution in [0.4, 0.5) is 10.1 Å². The summed E-state index contributed by atoms with van der Waals surface area (Å²) in [6.07, 6.45) is 1.13. The standard InChI is InChI=1S/C31H26FN3O4S/c1-39-27-18-15-23(19-26(27)32)28-29(22-13-16-25(17-14-22)40(2,37)38)34-35(20-21-9-5-3-6-10-21)30(28)31(36)33-24-11-7-4-8-12-24/h3-19H,20H2,1-2H3,(H,33,36). The Balaban J connectivity index is 1.75. The largest absolute Gasteiger partial charge is 0.494 e. The van der Waals surface area contributed by atoms with Gasteiger partial charge in [0.25, 0.3) is 5.91 Å². The second kappa shape index (κ2) is 11.2. The van der Waals surface area contributed by atoms with Gasteiger partial charge in [-0.2, -0.15) is 5.10 Å². The SMILES string of the molecule is COc1ccc(-c2c(-c3ccc(S(C)(=O)=O)cc3)nn(Cc3ccccc3)c2C(=O)Nc2ccccc2)cc1F. The van der Waals surface area contributed by atoms with E-state index in [-0.39, 0.29) is 22.9 Å². The molecule has 0 aliphatic rings. The molecule has 0 aliphatic heterocycles. The number of para-hydroxylation sites is 1. The minimum absolute atomic E-state index is 0.0646. The highest BCUT2D eigenvalue weighted by molar-refractivity contribution is 7.90. The predicted octanol–water partition coefficient (Wildman–Crippen LogP) is 6.07. The summed E-state index contributed by atoms with van der Waals surface area (Å²) < 4.78 is 45.8. The van der Waals surface area contributed by atoms with Gasteiger partial charge in [-0.15, -0.1) is 0 Å². The third-order valence-electron chi connectivity index (χ3n) is 6.37. The predicted molar refractivity (Wildman–Crippen MR) is 153 cm³/mol. The Kier molecular flexibility index (Phi) is 7.48. The van der Waals surface area contributed by atoms with Gasteiger partial charge in [0, 0.05) is 23.1 Å². The number of sulfone groups is 1. The molecule has 0 aliphatic carbocycles. The van der Waals surface area contributed by atoms with Gasteiger partial charge in [0.1, 0.15) is 11.4 Å². The van der Waals surface area contributed by atoms with Crippen molar-refractivity contribution in [2.75, 3.05) is 18.7 Å². The van der Waals surface area contributed by atoms with Crippen LogP contribution in [-0.2, 0) is 16.4 Å². The topological polar surface area (TPSA) is 90.3 Å². The summed E-state index contributed by atoms with van der Waals surface area (Å²) in [5.74, 6) is -0.960. The van der Waals surface area contributed by atoms with E-state index in [0.29, 0.717) is 28.1 Å². The first kappa shape index (κ1) is 26.8. The van der Waals surface area contributed by atoms with Crippen LogP contribution >= 0.6 is 0 Å². The van der Waals surface area contributed by atoms with E-state index < -0.39 is 21.6 Å². The van der Waals surface area contributed by atoms with Gasteiger partial charge in [0.15, 0.2) is 21.4 Å². The van der Waals surface area contributed by atoms with Crippen LogP contribution in [0.25, 0.3) is 22.4 Å². The molecule has 0 spiro atoms. The molecule has 1 amide bonds. The lowest BCUT2D eigenvalue weighted by Crippen LogP contribution is -2.19. The highest BCUT2D eigenvalue weighted by Gasteiger charge is 2.27. The van der Waals surface area contributed by atoms with Gasteiger partial charge in [-0.25, -0.2) is 12.8 Å². The lowest BCUT2D eigenvalue weighted by atomic mass is 9.98. The Labute approximate surface area is 231 Å². The highest BCUT2D eigenvalue weighted by Crippen LogP contribution is 2.37. The number of ether oxygens (including phenoxy) is 1. The van der Waals surface area contributed by atoms with E-state index in [0.717, 1.165) is 11.8 Å². The fourth-order valence-corrected chi connectivity index (χ4v) is 5.06. The lowest BCUT2D eigenvalue weighted by Gasteiger charge is -2.12. The molecule has 0 radical (unpaired) electrons. The number of hydrogen-bond acceptors (Lipinski definition) is 5. The first-order chi connectivity index (χ1) is 19.2. The molecule has 0 fully saturated rings. The van der Waals surface area contributed by atoms with Crippen molar-refractivity contribution in [1.29, 1.82) is 0 Å². The van der Waals surface area contributed by atoms with Crippen LogP contribution < -0.4 is 10.1 Å². The molecule has 9 heteroatoms. The van der Waals surface area contributed by atoms with Gasteiger partial charge in [-0.1, -0.05) is 66.7 Å². The van der Waals surface area contributed by atoms with Crippen molar-refractivity contribution in [3.63, 3.8) is 0 Å². The highest BCUT2D eigenvalue weighted by atomic mass is 32.2. The van der Waals surface area contributed by atoms with Gasteiger partial charge < -0.3 is 10.1 Å². The molecule has 0 bridgehead atoms. The van der Waals surface area contributed by atoms with Crippen LogP contribution in [0.5, 0.6) is 5.75 Å². The van der Waals surface area contributed by atoms with E-state index in [2.05, 4.69) is 5.32 Å². The molecule has 0 atom stereocenters. The number of carbonyl (C=O) groups excluding carboxylic acids is 1. The molecular formula is C31H26FN3O4S. The summed E-state index contributed by atoms with van der Waals surface area (Å²) in [6.45, 7) is 0.269. The van der Waals surface area contributed by atoms with E-state index in [1.54, 1.807) is 35.0 Å². The average Bonchev–Trinajstić information content (AvgIpc) is 3.33. The quantitative estimate of drug-likeness (QED) is 0.251. The van der Waals surface area contributed by atoms with Crippen LogP contribution in [0.2, 0.25) is 0 Å². The molecule has 5 rings (SSSR count). The molecule has 40 heavy (non-hydrogen) atoms. The van der Waals surface area contributed by atoms with Gasteiger partial charge >= 0.3 is 0 Å². The van der Waals surface area contributed by atoms with Crippen molar-refractivity contribution in [3.8, 4) is 28.1 Å². The van der Waals surface area contributed by atoms with E-state index >= 15 is 0 Å². The molecule has 0 saturated carbocycles. The maximum atomic E-state index is 15.0. The smallest absolute Gasteiger partial charge is 0.274 e. The molecule has 5 aromatic rings. The van der Waals surface area contributed by atoms with Crippen LogP contribution in [0.1, 0.15) is 16.1 Å². The number of aromatic nitrogens is 2. The average molecular weight is 556 g/mol. The van der Waals surface area contributed by atoms with Crippen molar-refractivity contribution < 1.29 is 22.3 Å². The summed E-state index contributed by atoms with van der Waals surface area (Å²) in [5, 5.41) is 7.76. The lowest BCUT2D eigenvalue weighted by molar-refractivity contribution is 0.101. The number of anilines is 1. The van der Waals surface area contributed by atoms with E-state index in [4.69, 9.17) is 9.84 Å². The Morgan fingerprint density at radius 3 is 2.12 bits per heavy atom. The molecule has 4 aromatic carbocycles. The monoisotopic (exact) mass is 555 g/mol. The number of benzene rings is 4. The minimum atomic E-state index is -3.42. The number of amides is 1. The summed E-state index contributed by atoms with van der Waals surface area (Å²) in [5.41, 5.74) is 3.50. The third-order valence-corrected chi connectivity index (χ3v) is 7.50. The number of carbonyl (C=O) groups is 1. The van der Waals surface area contributed by atoms with Crippen molar-refractivity contribution in [1.82, 2.24) is 9.78 Å². The number of methoxy groups -OCH3 is 1. The Morgan fingerprint density at radius 2 is 1.52 bits per heavy atom. The van der Waals surface area contributed by atoms with Crippen LogP contribution in [0.3, 0.4) is 0 Å². The van der Waals surface area contributed by atoms with Crippen LogP contribution in [-0.4, -0.2) is 37.5 Å². The first-order valence-electron chi connectivity index (χ1n) is 12.4. The molecule has 1 N–H and O–H groups in total. The zero-order chi connectivity index (χ0) is 28.3.